The van der Waals surface area contributed by atoms with Crippen molar-refractivity contribution < 1.29 is 10.2 Å². The van der Waals surface area contributed by atoms with Gasteiger partial charge in [-0.05, 0) is 67.2 Å². The summed E-state index contributed by atoms with van der Waals surface area (Å²) in [7, 11) is 0. The predicted octanol–water partition coefficient (Wildman–Crippen LogP) is 2.93. The number of benzene rings is 1. The normalized spacial score (nSPS) is 19.0. The van der Waals surface area contributed by atoms with Gasteiger partial charge in [0.1, 0.15) is 5.75 Å². The van der Waals surface area contributed by atoms with Crippen molar-refractivity contribution in [3.8, 4) is 11.4 Å². The topological polar surface area (TPSA) is 73.5 Å². The lowest BCUT2D eigenvalue weighted by Gasteiger charge is -2.28. The lowest BCUT2D eigenvalue weighted by molar-refractivity contribution is 0.245. The molecule has 0 saturated carbocycles. The first-order valence-corrected chi connectivity index (χ1v) is 9.65. The Morgan fingerprint density at radius 1 is 1.07 bits per heavy atom. The van der Waals surface area contributed by atoms with E-state index in [1.807, 2.05) is 42.6 Å². The van der Waals surface area contributed by atoms with Crippen molar-refractivity contribution in [2.75, 3.05) is 13.2 Å². The Balaban J connectivity index is 1.78. The molecule has 4 rings (SSSR count). The lowest BCUT2D eigenvalue weighted by atomic mass is 10.0. The molecule has 144 valence electrons. The fourth-order valence-corrected chi connectivity index (χ4v) is 4.02. The second kappa shape index (κ2) is 8.00. The van der Waals surface area contributed by atoms with Crippen LogP contribution in [0.5, 0.6) is 5.75 Å². The van der Waals surface area contributed by atoms with Crippen LogP contribution >= 0.6 is 12.2 Å². The zero-order chi connectivity index (χ0) is 19.5. The van der Waals surface area contributed by atoms with E-state index in [4.69, 9.17) is 12.2 Å². The summed E-state index contributed by atoms with van der Waals surface area (Å²) in [5, 5.41) is 23.0. The number of phenolic OH excluding ortho intramolecular Hbond substituents is 1. The molecule has 0 amide bonds. The van der Waals surface area contributed by atoms with Crippen LogP contribution in [0.3, 0.4) is 0 Å². The van der Waals surface area contributed by atoms with E-state index in [0.717, 1.165) is 17.1 Å². The van der Waals surface area contributed by atoms with Crippen molar-refractivity contribution in [3.63, 3.8) is 0 Å². The lowest BCUT2D eigenvalue weighted by Crippen LogP contribution is -2.31. The average molecular weight is 395 g/mol. The molecule has 1 aliphatic rings. The highest BCUT2D eigenvalue weighted by molar-refractivity contribution is 7.80. The van der Waals surface area contributed by atoms with Crippen LogP contribution in [-0.4, -0.2) is 42.9 Å². The standard InChI is InChI=1S/C21H22N4O2S/c26-14-4-13-25-20(19(23-21(25)28)17-5-1-2-11-22-17)18-6-3-12-24(18)15-7-9-16(27)10-8-15/h1-3,5-12,19-20,26-27H,4,13-14H2,(H,23,28). The van der Waals surface area contributed by atoms with Crippen molar-refractivity contribution in [1.29, 1.82) is 0 Å². The van der Waals surface area contributed by atoms with Gasteiger partial charge in [0.2, 0.25) is 0 Å². The van der Waals surface area contributed by atoms with Gasteiger partial charge in [-0.1, -0.05) is 6.07 Å². The third kappa shape index (κ3) is 3.46. The minimum absolute atomic E-state index is 0.0715. The van der Waals surface area contributed by atoms with Crippen LogP contribution in [0.2, 0.25) is 0 Å². The van der Waals surface area contributed by atoms with Crippen molar-refractivity contribution >= 4 is 17.3 Å². The number of aliphatic hydroxyl groups excluding tert-OH is 1. The number of thiocarbonyl (C=S) groups is 1. The van der Waals surface area contributed by atoms with Gasteiger partial charge in [-0.3, -0.25) is 4.98 Å². The molecule has 3 heterocycles. The van der Waals surface area contributed by atoms with Crippen molar-refractivity contribution in [2.24, 2.45) is 0 Å². The van der Waals surface area contributed by atoms with Crippen LogP contribution in [0, 0.1) is 0 Å². The highest BCUT2D eigenvalue weighted by atomic mass is 32.1. The summed E-state index contributed by atoms with van der Waals surface area (Å²) >= 11 is 5.62. The van der Waals surface area contributed by atoms with E-state index in [9.17, 15) is 10.2 Å². The third-order valence-corrected chi connectivity index (χ3v) is 5.32. The molecule has 1 aliphatic heterocycles. The Morgan fingerprint density at radius 2 is 1.89 bits per heavy atom. The average Bonchev–Trinajstić information content (AvgIpc) is 3.32. The fourth-order valence-electron chi connectivity index (χ4n) is 3.69. The molecule has 28 heavy (non-hydrogen) atoms. The van der Waals surface area contributed by atoms with Gasteiger partial charge < -0.3 is 25.0 Å². The highest BCUT2D eigenvalue weighted by Gasteiger charge is 2.40. The monoisotopic (exact) mass is 394 g/mol. The largest absolute Gasteiger partial charge is 0.508 e. The van der Waals surface area contributed by atoms with Gasteiger partial charge >= 0.3 is 0 Å². The maximum absolute atomic E-state index is 9.62. The Labute approximate surface area is 169 Å². The Hall–Kier alpha value is -2.90. The van der Waals surface area contributed by atoms with Gasteiger partial charge in [0.25, 0.3) is 0 Å². The van der Waals surface area contributed by atoms with Crippen LogP contribution in [-0.2, 0) is 0 Å². The molecule has 7 heteroatoms. The SMILES string of the molecule is OCCCN1C(=S)NC(c2ccccn2)C1c1cccn1-c1ccc(O)cc1. The Bertz CT molecular complexity index is 943. The number of hydrogen-bond acceptors (Lipinski definition) is 4. The summed E-state index contributed by atoms with van der Waals surface area (Å²) in [4.78, 5) is 6.67. The van der Waals surface area contributed by atoms with Gasteiger partial charge in [-0.15, -0.1) is 0 Å². The molecule has 2 aromatic heterocycles. The van der Waals surface area contributed by atoms with Crippen LogP contribution in [0.4, 0.5) is 0 Å². The predicted molar refractivity (Wildman–Crippen MR) is 111 cm³/mol. The molecule has 2 atom stereocenters. The van der Waals surface area contributed by atoms with E-state index < -0.39 is 0 Å². The van der Waals surface area contributed by atoms with Crippen LogP contribution in [0.1, 0.15) is 29.9 Å². The zero-order valence-electron chi connectivity index (χ0n) is 15.3. The molecule has 0 spiro atoms. The number of phenols is 1. The van der Waals surface area contributed by atoms with Crippen LogP contribution in [0.25, 0.3) is 5.69 Å². The molecule has 1 saturated heterocycles. The first-order chi connectivity index (χ1) is 13.7. The molecular formula is C21H22N4O2S. The maximum Gasteiger partial charge on any atom is 0.170 e. The number of nitrogens with one attached hydrogen (secondary N) is 1. The summed E-state index contributed by atoms with van der Waals surface area (Å²) in [6, 6.07) is 16.9. The number of hydrogen-bond donors (Lipinski definition) is 3. The Morgan fingerprint density at radius 3 is 2.61 bits per heavy atom. The molecule has 6 nitrogen and oxygen atoms in total. The summed E-state index contributed by atoms with van der Waals surface area (Å²) < 4.78 is 2.10. The van der Waals surface area contributed by atoms with Gasteiger partial charge in [-0.2, -0.15) is 0 Å². The third-order valence-electron chi connectivity index (χ3n) is 4.97. The first kappa shape index (κ1) is 18.5. The van der Waals surface area contributed by atoms with Gasteiger partial charge in [0, 0.05) is 36.9 Å². The number of aliphatic hydroxyl groups is 1. The quantitative estimate of drug-likeness (QED) is 0.559. The first-order valence-electron chi connectivity index (χ1n) is 9.24. The molecule has 0 radical (unpaired) electrons. The number of pyridine rings is 1. The zero-order valence-corrected chi connectivity index (χ0v) is 16.1. The minimum atomic E-state index is -0.0989. The second-order valence-corrected chi connectivity index (χ2v) is 7.10. The van der Waals surface area contributed by atoms with Gasteiger partial charge in [0.05, 0.1) is 17.8 Å². The molecule has 1 aromatic carbocycles. The van der Waals surface area contributed by atoms with E-state index in [-0.39, 0.29) is 24.4 Å². The summed E-state index contributed by atoms with van der Waals surface area (Å²) in [5.41, 5.74) is 2.93. The van der Waals surface area contributed by atoms with Crippen LogP contribution < -0.4 is 5.32 Å². The van der Waals surface area contributed by atoms with Crippen molar-refractivity contribution in [1.82, 2.24) is 19.8 Å². The molecule has 3 N–H and O–H groups in total. The molecular weight excluding hydrogens is 372 g/mol. The van der Waals surface area contributed by atoms with Gasteiger partial charge in [0.15, 0.2) is 5.11 Å². The number of nitrogens with zero attached hydrogens (tertiary/aromatic N) is 3. The molecule has 2 unspecified atom stereocenters. The van der Waals surface area contributed by atoms with E-state index in [1.54, 1.807) is 18.3 Å². The molecule has 1 fully saturated rings. The van der Waals surface area contributed by atoms with Crippen molar-refractivity contribution in [3.05, 3.63) is 78.4 Å². The molecule has 0 bridgehead atoms. The minimum Gasteiger partial charge on any atom is -0.508 e. The molecule has 0 aliphatic carbocycles. The summed E-state index contributed by atoms with van der Waals surface area (Å²) in [6.07, 6.45) is 4.42. The van der Waals surface area contributed by atoms with Crippen molar-refractivity contribution in [2.45, 2.75) is 18.5 Å². The number of aromatic nitrogens is 2. The van der Waals surface area contributed by atoms with E-state index in [2.05, 4.69) is 25.8 Å². The van der Waals surface area contributed by atoms with Crippen LogP contribution in [0.15, 0.2) is 67.0 Å². The highest BCUT2D eigenvalue weighted by Crippen LogP contribution is 2.39. The second-order valence-electron chi connectivity index (χ2n) is 6.72. The number of rotatable bonds is 6. The smallest absolute Gasteiger partial charge is 0.170 e. The number of aromatic hydroxyl groups is 1. The summed E-state index contributed by atoms with van der Waals surface area (Å²) in [5.74, 6) is 0.233. The Kier molecular flexibility index (Phi) is 5.27. The summed E-state index contributed by atoms with van der Waals surface area (Å²) in [6.45, 7) is 0.760. The van der Waals surface area contributed by atoms with Gasteiger partial charge in [-0.25, -0.2) is 0 Å². The van der Waals surface area contributed by atoms with E-state index >= 15 is 0 Å². The molecule has 3 aromatic rings. The van der Waals surface area contributed by atoms with E-state index in [1.165, 1.54) is 0 Å². The maximum atomic E-state index is 9.62. The fraction of sp³-hybridized carbons (Fsp3) is 0.238. The van der Waals surface area contributed by atoms with E-state index in [0.29, 0.717) is 18.1 Å².